The third-order valence-corrected chi connectivity index (χ3v) is 9.73. The summed E-state index contributed by atoms with van der Waals surface area (Å²) in [6.07, 6.45) is 1.87. The van der Waals surface area contributed by atoms with Gasteiger partial charge in [0.2, 0.25) is 0 Å². The minimum Gasteiger partial charge on any atom is -0.372 e. The molecule has 10 heteroatoms. The van der Waals surface area contributed by atoms with Crippen molar-refractivity contribution in [1.29, 1.82) is 0 Å². The van der Waals surface area contributed by atoms with Crippen molar-refractivity contribution in [3.8, 4) is 0 Å². The van der Waals surface area contributed by atoms with Gasteiger partial charge < -0.3 is 10.5 Å². The summed E-state index contributed by atoms with van der Waals surface area (Å²) in [4.78, 5) is 2.23. The smallest absolute Gasteiger partial charge is 0.259 e. The molecule has 5 rings (SSSR count). The average Bonchev–Trinajstić information content (AvgIpc) is 3.31. The van der Waals surface area contributed by atoms with Crippen LogP contribution in [0.4, 0.5) is 8.78 Å². The number of fused-ring (bicyclic) bond motifs is 1. The Kier molecular flexibility index (Phi) is 5.20. The molecule has 3 atom stereocenters. The molecule has 1 aromatic carbocycles. The van der Waals surface area contributed by atoms with Crippen molar-refractivity contribution in [2.24, 2.45) is 5.73 Å². The molecule has 2 aliphatic heterocycles. The maximum Gasteiger partial charge on any atom is 0.259 e. The van der Waals surface area contributed by atoms with Crippen molar-refractivity contribution < 1.29 is 21.9 Å². The van der Waals surface area contributed by atoms with E-state index in [4.69, 9.17) is 10.5 Å². The van der Waals surface area contributed by atoms with Crippen molar-refractivity contribution in [2.75, 3.05) is 6.61 Å². The Hall–Kier alpha value is -1.88. The van der Waals surface area contributed by atoms with Crippen LogP contribution in [-0.2, 0) is 27.8 Å². The van der Waals surface area contributed by atoms with Gasteiger partial charge in [0, 0.05) is 42.9 Å². The van der Waals surface area contributed by atoms with Gasteiger partial charge >= 0.3 is 0 Å². The zero-order chi connectivity index (χ0) is 22.8. The van der Waals surface area contributed by atoms with Crippen molar-refractivity contribution >= 4 is 10.0 Å². The van der Waals surface area contributed by atoms with Gasteiger partial charge in [-0.3, -0.25) is 4.90 Å². The van der Waals surface area contributed by atoms with Crippen LogP contribution < -0.4 is 5.73 Å². The van der Waals surface area contributed by atoms with Crippen LogP contribution in [0.15, 0.2) is 18.2 Å². The Bertz CT molecular complexity index is 1160. The number of ether oxygens (including phenoxy) is 1. The van der Waals surface area contributed by atoms with E-state index in [-0.39, 0.29) is 11.6 Å². The first-order valence-corrected chi connectivity index (χ1v) is 12.4. The second kappa shape index (κ2) is 7.58. The number of halogens is 2. The van der Waals surface area contributed by atoms with E-state index < -0.39 is 38.6 Å². The van der Waals surface area contributed by atoms with Gasteiger partial charge in [-0.05, 0) is 57.7 Å². The lowest BCUT2D eigenvalue weighted by atomic mass is 9.96. The van der Waals surface area contributed by atoms with Crippen LogP contribution in [0.5, 0.6) is 0 Å². The van der Waals surface area contributed by atoms with E-state index in [2.05, 4.69) is 10.00 Å². The number of hydrogen-bond acceptors (Lipinski definition) is 6. The normalized spacial score (nSPS) is 27.8. The van der Waals surface area contributed by atoms with Crippen molar-refractivity contribution in [2.45, 2.75) is 75.6 Å². The Labute approximate surface area is 186 Å². The predicted molar refractivity (Wildman–Crippen MR) is 114 cm³/mol. The number of rotatable bonds is 4. The summed E-state index contributed by atoms with van der Waals surface area (Å²) in [5.41, 5.74) is 8.94. The minimum absolute atomic E-state index is 0.0752. The van der Waals surface area contributed by atoms with E-state index in [0.717, 1.165) is 29.5 Å². The fourth-order valence-corrected chi connectivity index (χ4v) is 6.60. The molecule has 0 radical (unpaired) electrons. The lowest BCUT2D eigenvalue weighted by Gasteiger charge is -2.28. The lowest BCUT2D eigenvalue weighted by Crippen LogP contribution is -2.38. The van der Waals surface area contributed by atoms with Gasteiger partial charge in [0.05, 0.1) is 16.1 Å². The number of aromatic nitrogens is 2. The highest BCUT2D eigenvalue weighted by molar-refractivity contribution is 7.91. The second-order valence-electron chi connectivity index (χ2n) is 9.51. The van der Waals surface area contributed by atoms with Crippen LogP contribution in [0.25, 0.3) is 0 Å². The molecule has 0 bridgehead atoms. The fourth-order valence-electron chi connectivity index (χ4n) is 4.88. The minimum atomic E-state index is -3.50. The standard InChI is InChI=1S/C22H28F2N4O3S/c1-13-17-11-27(12-20(17)26-28(13)32(29,30)22(2)6-7-22)15-5-8-31-21(19(25)10-15)16-9-14(23)3-4-18(16)24/h3-4,9,15,19,21H,5-8,10-12,25H2,1-2H3/t15-,19-,21+/m0/s1. The molecular weight excluding hydrogens is 438 g/mol. The summed E-state index contributed by atoms with van der Waals surface area (Å²) >= 11 is 0. The highest BCUT2D eigenvalue weighted by Crippen LogP contribution is 2.45. The van der Waals surface area contributed by atoms with Crippen molar-refractivity contribution in [3.05, 3.63) is 52.3 Å². The molecule has 1 saturated carbocycles. The van der Waals surface area contributed by atoms with Gasteiger partial charge in [-0.25, -0.2) is 17.2 Å². The molecule has 3 aliphatic rings. The van der Waals surface area contributed by atoms with Crippen molar-refractivity contribution in [1.82, 2.24) is 14.1 Å². The summed E-state index contributed by atoms with van der Waals surface area (Å²) < 4.78 is 60.2. The van der Waals surface area contributed by atoms with Crippen LogP contribution in [0.1, 0.15) is 61.2 Å². The first kappa shape index (κ1) is 21.9. The van der Waals surface area contributed by atoms with Gasteiger partial charge in [-0.1, -0.05) is 0 Å². The second-order valence-corrected chi connectivity index (χ2v) is 11.8. The Morgan fingerprint density at radius 2 is 2.00 bits per heavy atom. The van der Waals surface area contributed by atoms with Crippen LogP contribution in [-0.4, -0.2) is 45.9 Å². The molecule has 1 saturated heterocycles. The topological polar surface area (TPSA) is 90.5 Å². The number of benzene rings is 1. The maximum absolute atomic E-state index is 14.3. The molecule has 1 aliphatic carbocycles. The van der Waals surface area contributed by atoms with E-state index in [1.807, 2.05) is 6.92 Å². The van der Waals surface area contributed by atoms with Crippen LogP contribution in [0, 0.1) is 18.6 Å². The Balaban J connectivity index is 1.32. The van der Waals surface area contributed by atoms with E-state index in [0.29, 0.717) is 51.1 Å². The molecule has 7 nitrogen and oxygen atoms in total. The monoisotopic (exact) mass is 466 g/mol. The van der Waals surface area contributed by atoms with E-state index in [9.17, 15) is 17.2 Å². The van der Waals surface area contributed by atoms with Gasteiger partial charge in [-0.2, -0.15) is 9.19 Å². The van der Waals surface area contributed by atoms with Gasteiger partial charge in [0.1, 0.15) is 17.7 Å². The van der Waals surface area contributed by atoms with Gasteiger partial charge in [0.25, 0.3) is 10.0 Å². The molecule has 0 amide bonds. The summed E-state index contributed by atoms with van der Waals surface area (Å²) in [6.45, 7) is 5.07. The molecule has 174 valence electrons. The lowest BCUT2D eigenvalue weighted by molar-refractivity contribution is 0.0430. The first-order chi connectivity index (χ1) is 15.1. The van der Waals surface area contributed by atoms with E-state index >= 15 is 0 Å². The van der Waals surface area contributed by atoms with Crippen molar-refractivity contribution in [3.63, 3.8) is 0 Å². The van der Waals surface area contributed by atoms with Crippen LogP contribution in [0.3, 0.4) is 0 Å². The van der Waals surface area contributed by atoms with Gasteiger partial charge in [-0.15, -0.1) is 0 Å². The zero-order valence-corrected chi connectivity index (χ0v) is 19.0. The highest BCUT2D eigenvalue weighted by Gasteiger charge is 2.52. The largest absolute Gasteiger partial charge is 0.372 e. The molecule has 2 N–H and O–H groups in total. The third-order valence-electron chi connectivity index (χ3n) is 7.26. The molecule has 0 unspecified atom stereocenters. The molecule has 3 heterocycles. The first-order valence-electron chi connectivity index (χ1n) is 11.0. The Morgan fingerprint density at radius 1 is 1.25 bits per heavy atom. The van der Waals surface area contributed by atoms with Gasteiger partial charge in [0.15, 0.2) is 0 Å². The quantitative estimate of drug-likeness (QED) is 0.745. The molecule has 0 spiro atoms. The van der Waals surface area contributed by atoms with E-state index in [1.54, 1.807) is 6.92 Å². The maximum atomic E-state index is 14.3. The summed E-state index contributed by atoms with van der Waals surface area (Å²) in [7, 11) is -3.50. The summed E-state index contributed by atoms with van der Waals surface area (Å²) in [5, 5.41) is 4.47. The summed E-state index contributed by atoms with van der Waals surface area (Å²) in [6, 6.07) is 2.91. The van der Waals surface area contributed by atoms with Crippen LogP contribution >= 0.6 is 0 Å². The molecule has 1 aromatic heterocycles. The number of nitrogens with zero attached hydrogens (tertiary/aromatic N) is 3. The van der Waals surface area contributed by atoms with E-state index in [1.165, 1.54) is 4.09 Å². The molecular formula is C22H28F2N4O3S. The zero-order valence-electron chi connectivity index (χ0n) is 18.2. The fraction of sp³-hybridized carbons (Fsp3) is 0.591. The average molecular weight is 467 g/mol. The highest BCUT2D eigenvalue weighted by atomic mass is 32.2. The number of nitrogens with two attached hydrogens (primary N) is 1. The molecule has 2 aromatic rings. The Morgan fingerprint density at radius 3 is 2.69 bits per heavy atom. The summed E-state index contributed by atoms with van der Waals surface area (Å²) in [5.74, 6) is -1.05. The predicted octanol–water partition coefficient (Wildman–Crippen LogP) is 2.76. The van der Waals surface area contributed by atoms with Crippen LogP contribution in [0.2, 0.25) is 0 Å². The molecule has 32 heavy (non-hydrogen) atoms. The SMILES string of the molecule is Cc1c2c(nn1S(=O)(=O)C1(C)CC1)CN([C@H]1CCO[C@H](c3cc(F)ccc3F)[C@@H](N)C1)C2. The number of hydrogen-bond donors (Lipinski definition) is 1. The molecule has 2 fully saturated rings. The third kappa shape index (κ3) is 3.48.